The summed E-state index contributed by atoms with van der Waals surface area (Å²) in [4.78, 5) is 22.1. The van der Waals surface area contributed by atoms with Gasteiger partial charge in [0.1, 0.15) is 0 Å². The first-order valence-corrected chi connectivity index (χ1v) is 7.63. The summed E-state index contributed by atoms with van der Waals surface area (Å²) >= 11 is 0. The van der Waals surface area contributed by atoms with Crippen molar-refractivity contribution in [3.63, 3.8) is 0 Å². The number of rotatable bonds is 10. The van der Waals surface area contributed by atoms with Gasteiger partial charge < -0.3 is 4.74 Å². The van der Waals surface area contributed by atoms with Crippen LogP contribution in [0.3, 0.4) is 0 Å². The molecule has 1 saturated heterocycles. The minimum Gasteiger partial charge on any atom is -0.393 e. The highest BCUT2D eigenvalue weighted by Crippen LogP contribution is 2.20. The second kappa shape index (κ2) is 9.76. The molecule has 1 rings (SSSR count). The van der Waals surface area contributed by atoms with Crippen LogP contribution in [0.1, 0.15) is 71.1 Å². The molecule has 0 aromatic rings. The van der Waals surface area contributed by atoms with Crippen LogP contribution in [0.4, 0.5) is 0 Å². The Balaban J connectivity index is 1.93. The zero-order valence-electron chi connectivity index (χ0n) is 12.0. The second-order valence-corrected chi connectivity index (χ2v) is 5.31. The van der Waals surface area contributed by atoms with Crippen LogP contribution < -0.4 is 0 Å². The van der Waals surface area contributed by atoms with Crippen molar-refractivity contribution in [3.8, 4) is 0 Å². The summed E-state index contributed by atoms with van der Waals surface area (Å²) in [5, 5.41) is 0. The van der Waals surface area contributed by atoms with E-state index in [-0.39, 0.29) is 24.3 Å². The summed E-state index contributed by atoms with van der Waals surface area (Å²) in [7, 11) is 0. The van der Waals surface area contributed by atoms with Crippen molar-refractivity contribution in [1.29, 1.82) is 0 Å². The van der Waals surface area contributed by atoms with Gasteiger partial charge in [-0.2, -0.15) is 0 Å². The SMILES string of the molecule is CCCCCCCCC/C=C\CC1CC(=O)OC1=O. The number of cyclic esters (lactones) is 2. The Morgan fingerprint density at radius 2 is 1.74 bits per heavy atom. The van der Waals surface area contributed by atoms with Crippen LogP contribution in [0.25, 0.3) is 0 Å². The van der Waals surface area contributed by atoms with Gasteiger partial charge in [0.05, 0.1) is 12.3 Å². The molecule has 3 heteroatoms. The van der Waals surface area contributed by atoms with Gasteiger partial charge in [0.25, 0.3) is 0 Å². The molecule has 0 bridgehead atoms. The zero-order chi connectivity index (χ0) is 13.9. The van der Waals surface area contributed by atoms with E-state index in [0.717, 1.165) is 6.42 Å². The van der Waals surface area contributed by atoms with Gasteiger partial charge in [-0.25, -0.2) is 0 Å². The summed E-state index contributed by atoms with van der Waals surface area (Å²) < 4.78 is 4.50. The second-order valence-electron chi connectivity index (χ2n) is 5.31. The molecule has 108 valence electrons. The fourth-order valence-corrected chi connectivity index (χ4v) is 2.30. The Morgan fingerprint density at radius 3 is 2.37 bits per heavy atom. The first-order valence-electron chi connectivity index (χ1n) is 7.63. The number of carbonyl (C=O) groups excluding carboxylic acids is 2. The molecule has 0 N–H and O–H groups in total. The average molecular weight is 266 g/mol. The maximum absolute atomic E-state index is 11.2. The van der Waals surface area contributed by atoms with Gasteiger partial charge in [-0.3, -0.25) is 9.59 Å². The highest BCUT2D eigenvalue weighted by molar-refractivity contribution is 5.94. The van der Waals surface area contributed by atoms with E-state index in [4.69, 9.17) is 0 Å². The van der Waals surface area contributed by atoms with Crippen molar-refractivity contribution in [2.75, 3.05) is 0 Å². The van der Waals surface area contributed by atoms with Gasteiger partial charge in [-0.05, 0) is 19.3 Å². The normalized spacial score (nSPS) is 19.3. The molecule has 0 aromatic carbocycles. The Hall–Kier alpha value is -1.12. The van der Waals surface area contributed by atoms with Crippen molar-refractivity contribution in [1.82, 2.24) is 0 Å². The van der Waals surface area contributed by atoms with E-state index in [1.807, 2.05) is 6.08 Å². The lowest BCUT2D eigenvalue weighted by molar-refractivity contribution is -0.153. The summed E-state index contributed by atoms with van der Waals surface area (Å²) in [6.07, 6.45) is 15.3. The summed E-state index contributed by atoms with van der Waals surface area (Å²) in [6, 6.07) is 0. The number of hydrogen-bond acceptors (Lipinski definition) is 3. The van der Waals surface area contributed by atoms with Crippen LogP contribution >= 0.6 is 0 Å². The molecule has 1 atom stereocenters. The van der Waals surface area contributed by atoms with E-state index in [9.17, 15) is 9.59 Å². The number of unbranched alkanes of at least 4 members (excludes halogenated alkanes) is 7. The van der Waals surface area contributed by atoms with Crippen LogP contribution in [0.2, 0.25) is 0 Å². The monoisotopic (exact) mass is 266 g/mol. The van der Waals surface area contributed by atoms with Crippen LogP contribution in [-0.2, 0) is 14.3 Å². The molecule has 0 aromatic heterocycles. The summed E-state index contributed by atoms with van der Waals surface area (Å²) in [6.45, 7) is 2.23. The first-order chi connectivity index (χ1) is 9.24. The number of ether oxygens (including phenoxy) is 1. The molecule has 0 saturated carbocycles. The lowest BCUT2D eigenvalue weighted by Gasteiger charge is -2.00. The number of hydrogen-bond donors (Lipinski definition) is 0. The van der Waals surface area contributed by atoms with E-state index >= 15 is 0 Å². The summed E-state index contributed by atoms with van der Waals surface area (Å²) in [5.41, 5.74) is 0. The van der Waals surface area contributed by atoms with E-state index < -0.39 is 0 Å². The predicted molar refractivity (Wildman–Crippen MR) is 75.6 cm³/mol. The minimum atomic E-state index is -0.379. The number of esters is 2. The van der Waals surface area contributed by atoms with Crippen molar-refractivity contribution in [2.24, 2.45) is 5.92 Å². The molecule has 0 aliphatic carbocycles. The molecule has 19 heavy (non-hydrogen) atoms. The standard InChI is InChI=1S/C16H26O3/c1-2-3-4-5-6-7-8-9-10-11-12-14-13-15(17)19-16(14)18/h10-11,14H,2-9,12-13H2,1H3/b11-10-. The Bertz CT molecular complexity index is 307. The fraction of sp³-hybridized carbons (Fsp3) is 0.750. The molecule has 0 amide bonds. The van der Waals surface area contributed by atoms with Crippen LogP contribution in [0.15, 0.2) is 12.2 Å². The Morgan fingerprint density at radius 1 is 1.05 bits per heavy atom. The molecular weight excluding hydrogens is 240 g/mol. The van der Waals surface area contributed by atoms with E-state index in [2.05, 4.69) is 17.7 Å². The van der Waals surface area contributed by atoms with E-state index in [0.29, 0.717) is 6.42 Å². The molecule has 3 nitrogen and oxygen atoms in total. The molecule has 1 heterocycles. The molecule has 0 spiro atoms. The Kier molecular flexibility index (Phi) is 8.19. The molecule has 1 unspecified atom stereocenters. The predicted octanol–water partition coefficient (Wildman–Crippen LogP) is 4.16. The average Bonchev–Trinajstić information content (AvgIpc) is 2.70. The first kappa shape index (κ1) is 15.9. The van der Waals surface area contributed by atoms with Gasteiger partial charge in [-0.1, -0.05) is 57.6 Å². The Labute approximate surface area is 116 Å². The zero-order valence-corrected chi connectivity index (χ0v) is 12.0. The molecule has 0 radical (unpaired) electrons. The van der Waals surface area contributed by atoms with Gasteiger partial charge in [0, 0.05) is 0 Å². The molecule has 1 aliphatic rings. The van der Waals surface area contributed by atoms with Gasteiger partial charge in [0.15, 0.2) is 0 Å². The minimum absolute atomic E-state index is 0.238. The third-order valence-electron chi connectivity index (χ3n) is 3.52. The van der Waals surface area contributed by atoms with E-state index in [1.165, 1.54) is 44.9 Å². The van der Waals surface area contributed by atoms with Gasteiger partial charge >= 0.3 is 11.9 Å². The van der Waals surface area contributed by atoms with Crippen molar-refractivity contribution in [3.05, 3.63) is 12.2 Å². The lowest BCUT2D eigenvalue weighted by atomic mass is 10.0. The third-order valence-corrected chi connectivity index (χ3v) is 3.52. The number of carbonyl (C=O) groups is 2. The molecule has 1 aliphatic heterocycles. The van der Waals surface area contributed by atoms with Crippen LogP contribution in [-0.4, -0.2) is 11.9 Å². The highest BCUT2D eigenvalue weighted by Gasteiger charge is 2.31. The fourth-order valence-electron chi connectivity index (χ4n) is 2.30. The van der Waals surface area contributed by atoms with Crippen molar-refractivity contribution >= 4 is 11.9 Å². The van der Waals surface area contributed by atoms with Crippen LogP contribution in [0, 0.1) is 5.92 Å². The summed E-state index contributed by atoms with van der Waals surface area (Å²) in [5.74, 6) is -0.973. The largest absolute Gasteiger partial charge is 0.393 e. The maximum atomic E-state index is 11.2. The lowest BCUT2D eigenvalue weighted by Crippen LogP contribution is -2.05. The van der Waals surface area contributed by atoms with Gasteiger partial charge in [0.2, 0.25) is 0 Å². The quantitative estimate of drug-likeness (QED) is 0.258. The van der Waals surface area contributed by atoms with Crippen LogP contribution in [0.5, 0.6) is 0 Å². The van der Waals surface area contributed by atoms with E-state index in [1.54, 1.807) is 0 Å². The maximum Gasteiger partial charge on any atom is 0.317 e. The van der Waals surface area contributed by atoms with Crippen molar-refractivity contribution in [2.45, 2.75) is 71.1 Å². The van der Waals surface area contributed by atoms with Gasteiger partial charge in [-0.15, -0.1) is 0 Å². The topological polar surface area (TPSA) is 43.4 Å². The number of allylic oxidation sites excluding steroid dienone is 2. The molecule has 1 fully saturated rings. The highest BCUT2D eigenvalue weighted by atomic mass is 16.6. The van der Waals surface area contributed by atoms with Crippen molar-refractivity contribution < 1.29 is 14.3 Å². The third kappa shape index (κ3) is 7.14. The molecular formula is C16H26O3. The smallest absolute Gasteiger partial charge is 0.317 e.